The van der Waals surface area contributed by atoms with E-state index < -0.39 is 12.0 Å². The number of hydrogen-bond donors (Lipinski definition) is 4. The molecule has 0 fully saturated rings. The van der Waals surface area contributed by atoms with Crippen LogP contribution in [0, 0.1) is 0 Å². The summed E-state index contributed by atoms with van der Waals surface area (Å²) in [5.41, 5.74) is 1.78. The SMILES string of the molecule is O=CC=Cc1cc(O)c2c(c1)[C@H](CO)[C@@H](c1ccc(O)c(O)c1)O2. The van der Waals surface area contributed by atoms with Crippen LogP contribution in [0.15, 0.2) is 36.4 Å². The van der Waals surface area contributed by atoms with Gasteiger partial charge in [0.1, 0.15) is 12.4 Å². The normalized spacial score (nSPS) is 19.2. The van der Waals surface area contributed by atoms with Gasteiger partial charge < -0.3 is 25.2 Å². The van der Waals surface area contributed by atoms with E-state index in [4.69, 9.17) is 4.74 Å². The summed E-state index contributed by atoms with van der Waals surface area (Å²) < 4.78 is 5.79. The monoisotopic (exact) mass is 328 g/mol. The van der Waals surface area contributed by atoms with E-state index in [1.54, 1.807) is 18.2 Å². The molecule has 0 aliphatic carbocycles. The number of fused-ring (bicyclic) bond motifs is 1. The van der Waals surface area contributed by atoms with E-state index in [0.717, 1.165) is 0 Å². The number of phenolic OH excluding ortho intramolecular Hbond substituents is 3. The second kappa shape index (κ2) is 6.25. The van der Waals surface area contributed by atoms with Crippen molar-refractivity contribution < 1.29 is 30.0 Å². The van der Waals surface area contributed by atoms with Gasteiger partial charge in [0.2, 0.25) is 0 Å². The first-order valence-corrected chi connectivity index (χ1v) is 7.33. The quantitative estimate of drug-likeness (QED) is 0.389. The van der Waals surface area contributed by atoms with Gasteiger partial charge in [-0.2, -0.15) is 0 Å². The van der Waals surface area contributed by atoms with Crippen LogP contribution in [0.2, 0.25) is 0 Å². The van der Waals surface area contributed by atoms with Crippen molar-refractivity contribution in [2.24, 2.45) is 0 Å². The Labute approximate surface area is 137 Å². The number of aliphatic hydroxyl groups is 1. The molecule has 1 aliphatic rings. The molecule has 6 nitrogen and oxygen atoms in total. The molecule has 1 aliphatic heterocycles. The van der Waals surface area contributed by atoms with Crippen LogP contribution < -0.4 is 4.74 Å². The number of carbonyl (C=O) groups is 1. The van der Waals surface area contributed by atoms with Crippen LogP contribution in [0.3, 0.4) is 0 Å². The van der Waals surface area contributed by atoms with Crippen LogP contribution in [-0.4, -0.2) is 33.3 Å². The summed E-state index contributed by atoms with van der Waals surface area (Å²) in [6.07, 6.45) is 2.86. The Hall–Kier alpha value is -2.99. The lowest BCUT2D eigenvalue weighted by Crippen LogP contribution is -2.13. The summed E-state index contributed by atoms with van der Waals surface area (Å²) in [5, 5.41) is 39.1. The van der Waals surface area contributed by atoms with Gasteiger partial charge >= 0.3 is 0 Å². The smallest absolute Gasteiger partial charge is 0.165 e. The number of rotatable bonds is 4. The maximum atomic E-state index is 10.5. The number of aromatic hydroxyl groups is 3. The molecule has 0 unspecified atom stereocenters. The molecule has 124 valence electrons. The van der Waals surface area contributed by atoms with Crippen molar-refractivity contribution in [3.63, 3.8) is 0 Å². The fraction of sp³-hybridized carbons (Fsp3) is 0.167. The molecular formula is C18H16O6. The second-order valence-corrected chi connectivity index (χ2v) is 5.53. The topological polar surface area (TPSA) is 107 Å². The van der Waals surface area contributed by atoms with Crippen molar-refractivity contribution in [1.29, 1.82) is 0 Å². The summed E-state index contributed by atoms with van der Waals surface area (Å²) in [6, 6.07) is 7.47. The van der Waals surface area contributed by atoms with Crippen LogP contribution in [0.25, 0.3) is 6.08 Å². The van der Waals surface area contributed by atoms with E-state index in [-0.39, 0.29) is 29.6 Å². The van der Waals surface area contributed by atoms with Gasteiger partial charge in [0.15, 0.2) is 23.0 Å². The van der Waals surface area contributed by atoms with Gasteiger partial charge in [-0.05, 0) is 41.5 Å². The van der Waals surface area contributed by atoms with Gasteiger partial charge in [-0.1, -0.05) is 12.1 Å². The number of ether oxygens (including phenoxy) is 1. The third kappa shape index (κ3) is 2.68. The molecule has 0 saturated heterocycles. The van der Waals surface area contributed by atoms with Gasteiger partial charge in [-0.3, -0.25) is 4.79 Å². The largest absolute Gasteiger partial charge is 0.504 e. The molecular weight excluding hydrogens is 312 g/mol. The third-order valence-electron chi connectivity index (χ3n) is 4.02. The van der Waals surface area contributed by atoms with Crippen molar-refractivity contribution in [3.05, 3.63) is 53.1 Å². The Kier molecular flexibility index (Phi) is 4.14. The number of aldehydes is 1. The Balaban J connectivity index is 2.03. The van der Waals surface area contributed by atoms with Crippen molar-refractivity contribution in [2.75, 3.05) is 6.61 Å². The molecule has 4 N–H and O–H groups in total. The zero-order chi connectivity index (χ0) is 17.3. The summed E-state index contributed by atoms with van der Waals surface area (Å²) >= 11 is 0. The highest BCUT2D eigenvalue weighted by Gasteiger charge is 2.37. The molecule has 6 heteroatoms. The number of phenols is 3. The van der Waals surface area contributed by atoms with Crippen molar-refractivity contribution >= 4 is 12.4 Å². The van der Waals surface area contributed by atoms with E-state index in [2.05, 4.69) is 0 Å². The highest BCUT2D eigenvalue weighted by atomic mass is 16.5. The van der Waals surface area contributed by atoms with Crippen LogP contribution in [0.4, 0.5) is 0 Å². The van der Waals surface area contributed by atoms with Gasteiger partial charge in [-0.25, -0.2) is 0 Å². The number of hydrogen-bond acceptors (Lipinski definition) is 6. The second-order valence-electron chi connectivity index (χ2n) is 5.53. The molecule has 3 rings (SSSR count). The van der Waals surface area contributed by atoms with Crippen molar-refractivity contribution in [1.82, 2.24) is 0 Å². The summed E-state index contributed by atoms with van der Waals surface area (Å²) in [7, 11) is 0. The third-order valence-corrected chi connectivity index (χ3v) is 4.02. The predicted molar refractivity (Wildman–Crippen MR) is 86.2 cm³/mol. The van der Waals surface area contributed by atoms with E-state index in [1.807, 2.05) is 0 Å². The zero-order valence-corrected chi connectivity index (χ0v) is 12.6. The van der Waals surface area contributed by atoms with Crippen LogP contribution in [0.5, 0.6) is 23.0 Å². The minimum atomic E-state index is -0.618. The average Bonchev–Trinajstić information content (AvgIpc) is 2.94. The molecule has 2 atom stereocenters. The van der Waals surface area contributed by atoms with E-state index in [1.165, 1.54) is 24.3 Å². The lowest BCUT2D eigenvalue weighted by Gasteiger charge is -2.18. The first-order valence-electron chi connectivity index (χ1n) is 7.33. The highest BCUT2D eigenvalue weighted by molar-refractivity contribution is 5.75. The molecule has 24 heavy (non-hydrogen) atoms. The summed E-state index contributed by atoms with van der Waals surface area (Å²) in [6.45, 7) is -0.237. The van der Waals surface area contributed by atoms with E-state index in [0.29, 0.717) is 23.0 Å². The Bertz CT molecular complexity index is 811. The fourth-order valence-corrected chi connectivity index (χ4v) is 2.89. The lowest BCUT2D eigenvalue weighted by atomic mass is 9.90. The average molecular weight is 328 g/mol. The maximum Gasteiger partial charge on any atom is 0.165 e. The number of allylic oxidation sites excluding steroid dienone is 1. The number of carbonyl (C=O) groups excluding carboxylic acids is 1. The lowest BCUT2D eigenvalue weighted by molar-refractivity contribution is -0.104. The van der Waals surface area contributed by atoms with Gasteiger partial charge in [0.05, 0.1) is 12.5 Å². The molecule has 0 amide bonds. The molecule has 0 bridgehead atoms. The van der Waals surface area contributed by atoms with E-state index in [9.17, 15) is 25.2 Å². The van der Waals surface area contributed by atoms with Crippen molar-refractivity contribution in [3.8, 4) is 23.0 Å². The molecule has 1 heterocycles. The maximum absolute atomic E-state index is 10.5. The fourth-order valence-electron chi connectivity index (χ4n) is 2.89. The minimum Gasteiger partial charge on any atom is -0.504 e. The molecule has 0 radical (unpaired) electrons. The molecule has 0 saturated carbocycles. The highest BCUT2D eigenvalue weighted by Crippen LogP contribution is 2.51. The van der Waals surface area contributed by atoms with Crippen LogP contribution >= 0.6 is 0 Å². The first-order chi connectivity index (χ1) is 11.5. The van der Waals surface area contributed by atoms with Gasteiger partial charge in [-0.15, -0.1) is 0 Å². The van der Waals surface area contributed by atoms with Gasteiger partial charge in [0.25, 0.3) is 0 Å². The van der Waals surface area contributed by atoms with E-state index >= 15 is 0 Å². The minimum absolute atomic E-state index is 0.0954. The molecule has 2 aromatic carbocycles. The summed E-state index contributed by atoms with van der Waals surface area (Å²) in [5.74, 6) is -0.835. The summed E-state index contributed by atoms with van der Waals surface area (Å²) in [4.78, 5) is 10.5. The standard InChI is InChI=1S/C18H16O6/c19-5-1-2-10-6-12-13(9-20)17(24-18(12)16(23)7-10)11-3-4-14(21)15(22)8-11/h1-8,13,17,20-23H,9H2/t13-,17+/m0/s1. The number of aliphatic hydroxyl groups excluding tert-OH is 1. The van der Waals surface area contributed by atoms with Crippen LogP contribution in [-0.2, 0) is 4.79 Å². The van der Waals surface area contributed by atoms with Crippen molar-refractivity contribution in [2.45, 2.75) is 12.0 Å². The zero-order valence-electron chi connectivity index (χ0n) is 12.6. The molecule has 0 spiro atoms. The van der Waals surface area contributed by atoms with Crippen LogP contribution in [0.1, 0.15) is 28.7 Å². The molecule has 0 aromatic heterocycles. The Morgan fingerprint density at radius 1 is 1.04 bits per heavy atom. The van der Waals surface area contributed by atoms with Gasteiger partial charge in [0, 0.05) is 5.56 Å². The Morgan fingerprint density at radius 3 is 2.50 bits per heavy atom. The Morgan fingerprint density at radius 2 is 1.83 bits per heavy atom. The molecule has 2 aromatic rings. The first kappa shape index (κ1) is 15.9. The predicted octanol–water partition coefficient (Wildman–Crippen LogP) is 2.23. The number of benzene rings is 2.